The first-order valence-corrected chi connectivity index (χ1v) is 8.94. The summed E-state index contributed by atoms with van der Waals surface area (Å²) in [6.45, 7) is 6.38. The van der Waals surface area contributed by atoms with E-state index in [0.29, 0.717) is 33.9 Å². The molecule has 1 aromatic carbocycles. The molecule has 4 nitrogen and oxygen atoms in total. The number of carbonyl (C=O) groups excluding carboxylic acids is 1. The van der Waals surface area contributed by atoms with Crippen LogP contribution >= 0.6 is 24.0 Å². The van der Waals surface area contributed by atoms with E-state index in [2.05, 4.69) is 6.58 Å². The van der Waals surface area contributed by atoms with Gasteiger partial charge in [0.05, 0.1) is 4.91 Å². The first kappa shape index (κ1) is 17.5. The van der Waals surface area contributed by atoms with Crippen molar-refractivity contribution in [2.24, 2.45) is 0 Å². The second-order valence-corrected chi connectivity index (χ2v) is 7.12. The quantitative estimate of drug-likeness (QED) is 0.423. The summed E-state index contributed by atoms with van der Waals surface area (Å²) in [6.07, 6.45) is 3.36. The summed E-state index contributed by atoms with van der Waals surface area (Å²) in [5, 5.41) is 0. The minimum atomic E-state index is -0.121. The molecule has 0 atom stereocenters. The molecule has 2 aromatic rings. The van der Waals surface area contributed by atoms with Crippen molar-refractivity contribution in [3.8, 4) is 5.75 Å². The molecule has 1 aromatic heterocycles. The largest absolute Gasteiger partial charge is 0.485 e. The number of nitrogens with zero attached hydrogens (tertiary/aromatic N) is 1. The van der Waals surface area contributed by atoms with E-state index in [9.17, 15) is 4.79 Å². The predicted molar refractivity (Wildman–Crippen MR) is 104 cm³/mol. The molecule has 1 aliphatic rings. The van der Waals surface area contributed by atoms with Crippen LogP contribution in [-0.2, 0) is 11.4 Å². The molecule has 0 spiro atoms. The van der Waals surface area contributed by atoms with E-state index >= 15 is 0 Å². The smallest absolute Gasteiger partial charge is 0.266 e. The lowest BCUT2D eigenvalue weighted by atomic mass is 10.2. The number of hydrogen-bond acceptors (Lipinski definition) is 5. The van der Waals surface area contributed by atoms with Gasteiger partial charge in [-0.2, -0.15) is 0 Å². The highest BCUT2D eigenvalue weighted by Gasteiger charge is 2.31. The van der Waals surface area contributed by atoms with Crippen LogP contribution in [0.3, 0.4) is 0 Å². The monoisotopic (exact) mass is 371 g/mol. The lowest BCUT2D eigenvalue weighted by Gasteiger charge is -2.10. The van der Waals surface area contributed by atoms with Crippen molar-refractivity contribution >= 4 is 40.3 Å². The lowest BCUT2D eigenvalue weighted by molar-refractivity contribution is -0.121. The third kappa shape index (κ3) is 4.03. The molecule has 0 saturated carbocycles. The number of thiocarbonyl (C=S) groups is 1. The molecule has 0 radical (unpaired) electrons. The van der Waals surface area contributed by atoms with Gasteiger partial charge in [0.2, 0.25) is 0 Å². The van der Waals surface area contributed by atoms with Gasteiger partial charge in [0.1, 0.15) is 28.2 Å². The number of aryl methyl sites for hydroxylation is 1. The van der Waals surface area contributed by atoms with E-state index in [0.717, 1.165) is 11.3 Å². The summed E-state index contributed by atoms with van der Waals surface area (Å²) in [5.74, 6) is 1.99. The van der Waals surface area contributed by atoms with E-state index in [1.807, 2.05) is 43.3 Å². The molecule has 3 rings (SSSR count). The van der Waals surface area contributed by atoms with Crippen LogP contribution < -0.4 is 4.74 Å². The Morgan fingerprint density at radius 2 is 2.12 bits per heavy atom. The fourth-order valence-corrected chi connectivity index (χ4v) is 3.59. The van der Waals surface area contributed by atoms with E-state index in [-0.39, 0.29) is 5.91 Å². The number of benzene rings is 1. The number of para-hydroxylation sites is 1. The molecule has 0 N–H and O–H groups in total. The van der Waals surface area contributed by atoms with E-state index in [1.165, 1.54) is 16.7 Å². The molecular weight excluding hydrogens is 354 g/mol. The van der Waals surface area contributed by atoms with Gasteiger partial charge in [-0.25, -0.2) is 0 Å². The Balaban J connectivity index is 1.68. The number of hydrogen-bond donors (Lipinski definition) is 0. The molecule has 6 heteroatoms. The zero-order valence-electron chi connectivity index (χ0n) is 13.7. The number of furan rings is 1. The topological polar surface area (TPSA) is 42.7 Å². The highest BCUT2D eigenvalue weighted by atomic mass is 32.2. The number of amides is 1. The molecule has 1 saturated heterocycles. The normalized spacial score (nSPS) is 15.9. The number of rotatable bonds is 6. The Morgan fingerprint density at radius 3 is 2.88 bits per heavy atom. The molecule has 0 unspecified atom stereocenters. The van der Waals surface area contributed by atoms with E-state index < -0.39 is 0 Å². The first-order chi connectivity index (χ1) is 12.1. The molecule has 1 amide bonds. The highest BCUT2D eigenvalue weighted by Crippen LogP contribution is 2.32. The van der Waals surface area contributed by atoms with Gasteiger partial charge in [-0.15, -0.1) is 6.58 Å². The van der Waals surface area contributed by atoms with Gasteiger partial charge >= 0.3 is 0 Å². The third-order valence-electron chi connectivity index (χ3n) is 3.60. The Labute approximate surface area is 156 Å². The maximum Gasteiger partial charge on any atom is 0.266 e. The number of carbonyl (C=O) groups is 1. The average Bonchev–Trinajstić information content (AvgIpc) is 3.14. The fraction of sp³-hybridized carbons (Fsp3) is 0.158. The molecule has 0 aliphatic carbocycles. The number of thioether (sulfide) groups is 1. The second kappa shape index (κ2) is 7.72. The maximum atomic E-state index is 12.3. The Bertz CT molecular complexity index is 854. The minimum Gasteiger partial charge on any atom is -0.485 e. The molecule has 1 fully saturated rings. The van der Waals surface area contributed by atoms with Crippen molar-refractivity contribution in [2.45, 2.75) is 13.5 Å². The minimum absolute atomic E-state index is 0.121. The Morgan fingerprint density at radius 1 is 1.32 bits per heavy atom. The van der Waals surface area contributed by atoms with Crippen molar-refractivity contribution in [2.75, 3.05) is 6.54 Å². The molecule has 0 bridgehead atoms. The van der Waals surface area contributed by atoms with Gasteiger partial charge in [-0.05, 0) is 30.7 Å². The molecular formula is C19H17NO3S2. The van der Waals surface area contributed by atoms with Crippen LogP contribution in [0.5, 0.6) is 5.75 Å². The third-order valence-corrected chi connectivity index (χ3v) is 4.98. The molecule has 25 heavy (non-hydrogen) atoms. The number of ether oxygens (including phenoxy) is 1. The Kier molecular flexibility index (Phi) is 5.40. The molecule has 128 valence electrons. The fourth-order valence-electron chi connectivity index (χ4n) is 2.33. The van der Waals surface area contributed by atoms with Crippen LogP contribution in [0, 0.1) is 6.92 Å². The van der Waals surface area contributed by atoms with Gasteiger partial charge in [0.15, 0.2) is 0 Å². The Hall–Kier alpha value is -2.31. The SMILES string of the molecule is C=CCN1C(=O)C(=Cc2ccc(COc3ccccc3C)o2)SC1=S. The van der Waals surface area contributed by atoms with Crippen molar-refractivity contribution in [1.29, 1.82) is 0 Å². The van der Waals surface area contributed by atoms with Crippen molar-refractivity contribution < 1.29 is 13.9 Å². The zero-order valence-corrected chi connectivity index (χ0v) is 15.4. The van der Waals surface area contributed by atoms with Crippen molar-refractivity contribution in [3.05, 3.63) is 71.0 Å². The zero-order chi connectivity index (χ0) is 17.8. The van der Waals surface area contributed by atoms with Gasteiger partial charge in [-0.3, -0.25) is 9.69 Å². The van der Waals surface area contributed by atoms with E-state index in [1.54, 1.807) is 12.2 Å². The van der Waals surface area contributed by atoms with Crippen LogP contribution in [0.15, 0.2) is 58.4 Å². The standard InChI is InChI=1S/C19H17NO3S2/c1-3-10-20-18(21)17(25-19(20)24)11-14-8-9-15(23-14)12-22-16-7-5-4-6-13(16)2/h3-9,11H,1,10,12H2,2H3. The van der Waals surface area contributed by atoms with Crippen LogP contribution in [0.1, 0.15) is 17.1 Å². The lowest BCUT2D eigenvalue weighted by Crippen LogP contribution is -2.27. The van der Waals surface area contributed by atoms with Gasteiger partial charge < -0.3 is 9.15 Å². The predicted octanol–water partition coefficient (Wildman–Crippen LogP) is 4.55. The van der Waals surface area contributed by atoms with E-state index in [4.69, 9.17) is 21.4 Å². The summed E-state index contributed by atoms with van der Waals surface area (Å²) in [5.41, 5.74) is 1.07. The first-order valence-electron chi connectivity index (χ1n) is 7.72. The van der Waals surface area contributed by atoms with Crippen LogP contribution in [0.25, 0.3) is 6.08 Å². The van der Waals surface area contributed by atoms with Gasteiger partial charge in [-0.1, -0.05) is 48.3 Å². The highest BCUT2D eigenvalue weighted by molar-refractivity contribution is 8.26. The summed E-state index contributed by atoms with van der Waals surface area (Å²) < 4.78 is 12.0. The summed E-state index contributed by atoms with van der Waals surface area (Å²) >= 11 is 6.49. The van der Waals surface area contributed by atoms with Crippen LogP contribution in [-0.4, -0.2) is 21.7 Å². The van der Waals surface area contributed by atoms with Crippen LogP contribution in [0.4, 0.5) is 0 Å². The average molecular weight is 371 g/mol. The summed E-state index contributed by atoms with van der Waals surface area (Å²) in [7, 11) is 0. The second-order valence-electron chi connectivity index (χ2n) is 5.44. The van der Waals surface area contributed by atoms with Crippen LogP contribution in [0.2, 0.25) is 0 Å². The summed E-state index contributed by atoms with van der Waals surface area (Å²) in [6, 6.07) is 11.5. The maximum absolute atomic E-state index is 12.3. The summed E-state index contributed by atoms with van der Waals surface area (Å²) in [4.78, 5) is 14.4. The van der Waals surface area contributed by atoms with Crippen molar-refractivity contribution in [1.82, 2.24) is 4.90 Å². The van der Waals surface area contributed by atoms with Crippen molar-refractivity contribution in [3.63, 3.8) is 0 Å². The van der Waals surface area contributed by atoms with Gasteiger partial charge in [0.25, 0.3) is 5.91 Å². The van der Waals surface area contributed by atoms with Gasteiger partial charge in [0, 0.05) is 12.6 Å². The molecule has 2 heterocycles. The molecule has 1 aliphatic heterocycles.